The van der Waals surface area contributed by atoms with Crippen LogP contribution in [-0.2, 0) is 4.74 Å². The third kappa shape index (κ3) is 2.65. The zero-order chi connectivity index (χ0) is 12.7. The lowest BCUT2D eigenvalue weighted by molar-refractivity contribution is 0.304. The first-order valence-electron chi connectivity index (χ1n) is 6.41. The first-order chi connectivity index (χ1) is 7.83. The van der Waals surface area contributed by atoms with Gasteiger partial charge in [0.05, 0.1) is 17.4 Å². The Bertz CT molecular complexity index is 307. The van der Waals surface area contributed by atoms with Crippen LogP contribution in [0, 0.1) is 0 Å². The molecule has 2 aliphatic rings. The minimum atomic E-state index is -1.21. The van der Waals surface area contributed by atoms with Crippen molar-refractivity contribution in [1.29, 1.82) is 0 Å². The lowest BCUT2D eigenvalue weighted by Crippen LogP contribution is -2.51. The maximum Gasteiger partial charge on any atom is 0.105 e. The molecule has 0 aromatic heterocycles. The number of epoxide rings is 1. The number of ether oxygens (including phenoxy) is 1. The Hall–Kier alpha value is 0.617. The molecule has 0 aliphatic carbocycles. The molecule has 0 N–H and O–H groups in total. The average Bonchev–Trinajstić information content (AvgIpc) is 2.89. The maximum absolute atomic E-state index is 5.85. The third-order valence-electron chi connectivity index (χ3n) is 3.84. The lowest BCUT2D eigenvalue weighted by Gasteiger charge is -2.46. The van der Waals surface area contributed by atoms with Crippen molar-refractivity contribution in [1.82, 2.24) is 0 Å². The van der Waals surface area contributed by atoms with Gasteiger partial charge in [0.25, 0.3) is 0 Å². The van der Waals surface area contributed by atoms with E-state index in [0.29, 0.717) is 9.81 Å². The van der Waals surface area contributed by atoms with E-state index in [1.54, 1.807) is 0 Å². The zero-order valence-corrected chi connectivity index (χ0v) is 14.0. The summed E-state index contributed by atoms with van der Waals surface area (Å²) in [6.45, 7) is 13.7. The van der Waals surface area contributed by atoms with E-state index in [9.17, 15) is 0 Å². The van der Waals surface area contributed by atoms with Crippen LogP contribution in [0.2, 0.25) is 19.6 Å². The molecule has 2 atom stereocenters. The number of hydrogen-bond acceptors (Lipinski definition) is 3. The summed E-state index contributed by atoms with van der Waals surface area (Å²) in [7, 11) is -1.21. The minimum Gasteiger partial charge on any atom is -0.362 e. The molecule has 17 heavy (non-hydrogen) atoms. The van der Waals surface area contributed by atoms with E-state index in [4.69, 9.17) is 4.74 Å². The molecule has 1 nitrogen and oxygen atoms in total. The summed E-state index contributed by atoms with van der Waals surface area (Å²) in [5, 5.41) is 0. The molecular formula is C13H24OS2Si. The minimum absolute atomic E-state index is 0.0688. The highest BCUT2D eigenvalue weighted by atomic mass is 32.2. The maximum atomic E-state index is 5.85. The van der Waals surface area contributed by atoms with Gasteiger partial charge >= 0.3 is 0 Å². The highest BCUT2D eigenvalue weighted by Crippen LogP contribution is 2.57. The van der Waals surface area contributed by atoms with Crippen molar-refractivity contribution in [2.45, 2.75) is 54.8 Å². The fourth-order valence-corrected chi connectivity index (χ4v) is 10.5. The predicted molar refractivity (Wildman–Crippen MR) is 83.7 cm³/mol. The molecule has 0 spiro atoms. The van der Waals surface area contributed by atoms with Gasteiger partial charge < -0.3 is 4.74 Å². The van der Waals surface area contributed by atoms with Crippen LogP contribution < -0.4 is 0 Å². The Morgan fingerprint density at radius 1 is 1.35 bits per heavy atom. The Labute approximate surface area is 115 Å². The fraction of sp³-hybridized carbons (Fsp3) is 0.846. The Morgan fingerprint density at radius 3 is 2.35 bits per heavy atom. The summed E-state index contributed by atoms with van der Waals surface area (Å²) in [4.78, 5) is 0. The summed E-state index contributed by atoms with van der Waals surface area (Å²) < 4.78 is 6.30. The van der Waals surface area contributed by atoms with Crippen molar-refractivity contribution in [3.63, 3.8) is 0 Å². The van der Waals surface area contributed by atoms with Crippen molar-refractivity contribution >= 4 is 31.6 Å². The number of hydrogen-bond donors (Lipinski definition) is 0. The molecular weight excluding hydrogens is 264 g/mol. The van der Waals surface area contributed by atoms with E-state index >= 15 is 0 Å². The topological polar surface area (TPSA) is 12.5 Å². The molecule has 2 fully saturated rings. The van der Waals surface area contributed by atoms with Crippen LogP contribution in [0.5, 0.6) is 0 Å². The van der Waals surface area contributed by atoms with E-state index in [2.05, 4.69) is 56.7 Å². The van der Waals surface area contributed by atoms with Gasteiger partial charge in [-0.25, -0.2) is 0 Å². The molecule has 4 heteroatoms. The van der Waals surface area contributed by atoms with Crippen molar-refractivity contribution in [2.24, 2.45) is 0 Å². The van der Waals surface area contributed by atoms with Gasteiger partial charge in [-0.05, 0) is 31.3 Å². The van der Waals surface area contributed by atoms with E-state index in [0.717, 1.165) is 0 Å². The van der Waals surface area contributed by atoms with Gasteiger partial charge in [0.2, 0.25) is 0 Å². The Balaban J connectivity index is 2.14. The van der Waals surface area contributed by atoms with Crippen molar-refractivity contribution in [3.05, 3.63) is 12.7 Å². The average molecular weight is 289 g/mol. The van der Waals surface area contributed by atoms with E-state index in [-0.39, 0.29) is 5.60 Å². The second-order valence-electron chi connectivity index (χ2n) is 6.32. The van der Waals surface area contributed by atoms with Crippen molar-refractivity contribution in [3.8, 4) is 0 Å². The smallest absolute Gasteiger partial charge is 0.105 e. The monoisotopic (exact) mass is 288 g/mol. The van der Waals surface area contributed by atoms with Crippen molar-refractivity contribution in [2.75, 3.05) is 11.5 Å². The van der Waals surface area contributed by atoms with E-state index in [1.807, 2.05) is 6.08 Å². The molecule has 2 heterocycles. The van der Waals surface area contributed by atoms with Crippen molar-refractivity contribution < 1.29 is 4.74 Å². The van der Waals surface area contributed by atoms with Crippen LogP contribution in [0.4, 0.5) is 0 Å². The van der Waals surface area contributed by atoms with Gasteiger partial charge in [-0.15, -0.1) is 30.1 Å². The first kappa shape index (κ1) is 14.0. The standard InChI is InChI=1S/C13H24OS2Si/c1-6-11-12(2,14-11)10-13(17(3,4)5)15-8-7-9-16-13/h6,11H,1,7-10H2,2-5H3/t11-,12-/m0/s1. The molecule has 2 saturated heterocycles. The van der Waals surface area contributed by atoms with E-state index < -0.39 is 8.07 Å². The third-order valence-corrected chi connectivity index (χ3v) is 13.8. The van der Waals surface area contributed by atoms with Gasteiger partial charge in [0.15, 0.2) is 0 Å². The molecule has 0 bridgehead atoms. The van der Waals surface area contributed by atoms with Crippen LogP contribution in [0.3, 0.4) is 0 Å². The second kappa shape index (κ2) is 4.62. The molecule has 0 saturated carbocycles. The van der Waals surface area contributed by atoms with Crippen LogP contribution in [-0.4, -0.2) is 35.0 Å². The SMILES string of the molecule is C=C[C@@H]1O[C@@]1(C)CC1([Si](C)(C)C)SCCCS1. The molecule has 0 amide bonds. The normalized spacial score (nSPS) is 36.6. The fourth-order valence-electron chi connectivity index (χ4n) is 2.53. The van der Waals surface area contributed by atoms with Crippen LogP contribution in [0.15, 0.2) is 12.7 Å². The van der Waals surface area contributed by atoms with E-state index in [1.165, 1.54) is 24.3 Å². The second-order valence-corrected chi connectivity index (χ2v) is 15.4. The summed E-state index contributed by atoms with van der Waals surface area (Å²) >= 11 is 4.41. The van der Waals surface area contributed by atoms with Gasteiger partial charge in [0, 0.05) is 0 Å². The molecule has 0 radical (unpaired) electrons. The predicted octanol–water partition coefficient (Wildman–Crippen LogP) is 4.16. The quantitative estimate of drug-likeness (QED) is 0.438. The van der Waals surface area contributed by atoms with Gasteiger partial charge in [-0.2, -0.15) is 0 Å². The molecule has 0 aromatic rings. The molecule has 0 unspecified atom stereocenters. The summed E-state index contributed by atoms with van der Waals surface area (Å²) in [6, 6.07) is 0. The van der Waals surface area contributed by atoms with Crippen LogP contribution in [0.1, 0.15) is 19.8 Å². The lowest BCUT2D eigenvalue weighted by atomic mass is 10.1. The Morgan fingerprint density at radius 2 is 1.94 bits per heavy atom. The largest absolute Gasteiger partial charge is 0.362 e. The zero-order valence-electron chi connectivity index (χ0n) is 11.4. The van der Waals surface area contributed by atoms with Gasteiger partial charge in [-0.3, -0.25) is 0 Å². The molecule has 2 aliphatic heterocycles. The number of rotatable bonds is 4. The number of thioether (sulfide) groups is 2. The highest BCUT2D eigenvalue weighted by Gasteiger charge is 2.58. The Kier molecular flexibility index (Phi) is 3.81. The molecule has 0 aromatic carbocycles. The van der Waals surface area contributed by atoms with Gasteiger partial charge in [-0.1, -0.05) is 25.7 Å². The highest BCUT2D eigenvalue weighted by molar-refractivity contribution is 8.21. The van der Waals surface area contributed by atoms with Crippen LogP contribution in [0.25, 0.3) is 0 Å². The first-order valence-corrected chi connectivity index (χ1v) is 11.9. The summed E-state index contributed by atoms with van der Waals surface area (Å²) in [5.41, 5.74) is 0.0688. The van der Waals surface area contributed by atoms with Gasteiger partial charge in [0.1, 0.15) is 6.10 Å². The summed E-state index contributed by atoms with van der Waals surface area (Å²) in [5.74, 6) is 2.65. The molecule has 98 valence electrons. The molecule has 2 rings (SSSR count). The summed E-state index contributed by atoms with van der Waals surface area (Å²) in [6.07, 6.45) is 4.82. The van der Waals surface area contributed by atoms with Crippen LogP contribution >= 0.6 is 23.5 Å².